The Labute approximate surface area is 449 Å². The molecule has 1 unspecified atom stereocenters. The highest BCUT2D eigenvalue weighted by molar-refractivity contribution is 6.08. The third-order valence-corrected chi connectivity index (χ3v) is 16.9. The molecule has 15 rings (SSSR count). The number of furan rings is 1. The Balaban J connectivity index is 1.05. The number of benzene rings is 11. The molecule has 77 heavy (non-hydrogen) atoms. The van der Waals surface area contributed by atoms with Crippen molar-refractivity contribution in [2.45, 2.75) is 17.8 Å². The Morgan fingerprint density at radius 2 is 0.961 bits per heavy atom. The molecular weight excluding hydrogens is 931 g/mol. The first-order valence-corrected chi connectivity index (χ1v) is 26.7. The van der Waals surface area contributed by atoms with E-state index < -0.39 is 10.8 Å². The second-order valence-corrected chi connectivity index (χ2v) is 20.6. The van der Waals surface area contributed by atoms with E-state index in [4.69, 9.17) is 11.0 Å². The van der Waals surface area contributed by atoms with Crippen molar-refractivity contribution in [2.24, 2.45) is 0 Å². The first-order valence-electron chi connectivity index (χ1n) is 26.7. The van der Waals surface area contributed by atoms with Gasteiger partial charge in [-0.2, -0.15) is 0 Å². The molecule has 0 bridgehead atoms. The summed E-state index contributed by atoms with van der Waals surface area (Å²) in [6, 6.07) is 96.5. The molecule has 0 saturated heterocycles. The van der Waals surface area contributed by atoms with Crippen LogP contribution < -0.4 is 4.90 Å². The van der Waals surface area contributed by atoms with Crippen LogP contribution in [0.1, 0.15) is 51.4 Å². The van der Waals surface area contributed by atoms with Crippen molar-refractivity contribution in [2.75, 3.05) is 4.90 Å². The number of anilines is 3. The highest BCUT2D eigenvalue weighted by Crippen LogP contribution is 2.65. The van der Waals surface area contributed by atoms with Gasteiger partial charge in [0, 0.05) is 27.7 Å². The fourth-order valence-electron chi connectivity index (χ4n) is 13.9. The van der Waals surface area contributed by atoms with Crippen LogP contribution in [-0.4, -0.2) is 0 Å². The SMILES string of the molecule is C=C/C(=C(\C=C/C)c1ccccc1)C1(c2ccc(-c3ccccc3)cc2)c2ccccc2-c2ccc(N(c3ccc4oc5ccccc5c4c3)c3cccc4c3-c3ccccc3C43c4ccccc4-c4ccccc43)cc21. The molecule has 3 aliphatic carbocycles. The van der Waals surface area contributed by atoms with Crippen molar-refractivity contribution in [3.05, 3.63) is 336 Å². The number of hydrogen-bond donors (Lipinski definition) is 0. The Bertz CT molecular complexity index is 4370. The van der Waals surface area contributed by atoms with Crippen LogP contribution in [0, 0.1) is 0 Å². The second-order valence-electron chi connectivity index (χ2n) is 20.6. The molecule has 362 valence electrons. The van der Waals surface area contributed by atoms with E-state index in [1.807, 2.05) is 6.07 Å². The van der Waals surface area contributed by atoms with Crippen molar-refractivity contribution < 1.29 is 4.42 Å². The summed E-state index contributed by atoms with van der Waals surface area (Å²) in [6.07, 6.45) is 6.56. The van der Waals surface area contributed by atoms with Gasteiger partial charge >= 0.3 is 0 Å². The third kappa shape index (κ3) is 6.30. The molecule has 1 aromatic heterocycles. The Morgan fingerprint density at radius 1 is 0.429 bits per heavy atom. The van der Waals surface area contributed by atoms with E-state index in [0.29, 0.717) is 0 Å². The van der Waals surface area contributed by atoms with Gasteiger partial charge in [0.25, 0.3) is 0 Å². The maximum Gasteiger partial charge on any atom is 0.135 e. The minimum atomic E-state index is -0.799. The van der Waals surface area contributed by atoms with Gasteiger partial charge in [-0.1, -0.05) is 243 Å². The maximum absolute atomic E-state index is 6.54. The number of fused-ring (bicyclic) bond motifs is 16. The number of para-hydroxylation sites is 1. The van der Waals surface area contributed by atoms with E-state index in [-0.39, 0.29) is 0 Å². The molecule has 2 heteroatoms. The van der Waals surface area contributed by atoms with E-state index in [2.05, 4.69) is 285 Å². The lowest BCUT2D eigenvalue weighted by molar-refractivity contribution is 0.669. The average molecular weight is 982 g/mol. The average Bonchev–Trinajstić information content (AvgIpc) is 4.35. The molecule has 12 aromatic rings. The Morgan fingerprint density at radius 3 is 1.66 bits per heavy atom. The van der Waals surface area contributed by atoms with E-state index in [0.717, 1.165) is 55.7 Å². The van der Waals surface area contributed by atoms with Crippen LogP contribution in [0.5, 0.6) is 0 Å². The quantitative estimate of drug-likeness (QED) is 0.134. The predicted octanol–water partition coefficient (Wildman–Crippen LogP) is 19.6. The summed E-state index contributed by atoms with van der Waals surface area (Å²) in [5.74, 6) is 0. The maximum atomic E-state index is 6.54. The highest BCUT2D eigenvalue weighted by Gasteiger charge is 2.53. The summed E-state index contributed by atoms with van der Waals surface area (Å²) in [5.41, 5.74) is 25.6. The van der Waals surface area contributed by atoms with Crippen LogP contribution >= 0.6 is 0 Å². The zero-order valence-corrected chi connectivity index (χ0v) is 42.6. The van der Waals surface area contributed by atoms with Gasteiger partial charge in [0.2, 0.25) is 0 Å². The van der Waals surface area contributed by atoms with Crippen LogP contribution in [0.4, 0.5) is 17.1 Å². The summed E-state index contributed by atoms with van der Waals surface area (Å²) >= 11 is 0. The normalized spacial score (nSPS) is 15.4. The zero-order valence-electron chi connectivity index (χ0n) is 42.6. The topological polar surface area (TPSA) is 16.4 Å². The van der Waals surface area contributed by atoms with Crippen LogP contribution in [0.2, 0.25) is 0 Å². The first-order chi connectivity index (χ1) is 38.1. The molecule has 1 spiro atoms. The molecule has 1 heterocycles. The third-order valence-electron chi connectivity index (χ3n) is 16.9. The highest BCUT2D eigenvalue weighted by atomic mass is 16.3. The number of rotatable bonds is 9. The van der Waals surface area contributed by atoms with E-state index in [1.165, 1.54) is 83.5 Å². The van der Waals surface area contributed by atoms with Crippen molar-refractivity contribution in [1.29, 1.82) is 0 Å². The molecule has 0 radical (unpaired) electrons. The minimum absolute atomic E-state index is 0.517. The summed E-state index contributed by atoms with van der Waals surface area (Å²) < 4.78 is 6.54. The molecule has 11 aromatic carbocycles. The van der Waals surface area contributed by atoms with Crippen LogP contribution in [0.25, 0.3) is 72.0 Å². The largest absolute Gasteiger partial charge is 0.456 e. The van der Waals surface area contributed by atoms with Gasteiger partial charge in [0.15, 0.2) is 0 Å². The fourth-order valence-corrected chi connectivity index (χ4v) is 13.9. The Hall–Kier alpha value is -9.76. The van der Waals surface area contributed by atoms with E-state index >= 15 is 0 Å². The van der Waals surface area contributed by atoms with Gasteiger partial charge < -0.3 is 9.32 Å². The molecular formula is C75H51NO. The summed E-state index contributed by atoms with van der Waals surface area (Å²) in [6.45, 7) is 6.85. The molecule has 0 aliphatic heterocycles. The summed E-state index contributed by atoms with van der Waals surface area (Å²) in [7, 11) is 0. The molecule has 2 nitrogen and oxygen atoms in total. The van der Waals surface area contributed by atoms with Crippen LogP contribution in [0.3, 0.4) is 0 Å². The first kappa shape index (κ1) is 44.7. The van der Waals surface area contributed by atoms with E-state index in [1.54, 1.807) is 0 Å². The van der Waals surface area contributed by atoms with Gasteiger partial charge in [-0.15, -0.1) is 0 Å². The predicted molar refractivity (Wildman–Crippen MR) is 320 cm³/mol. The van der Waals surface area contributed by atoms with Gasteiger partial charge in [-0.25, -0.2) is 0 Å². The lowest BCUT2D eigenvalue weighted by atomic mass is 9.65. The van der Waals surface area contributed by atoms with Gasteiger partial charge in [-0.05, 0) is 144 Å². The summed E-state index contributed by atoms with van der Waals surface area (Å²) in [4.78, 5) is 2.52. The van der Waals surface area contributed by atoms with E-state index in [9.17, 15) is 0 Å². The zero-order chi connectivity index (χ0) is 51.2. The molecule has 0 saturated carbocycles. The van der Waals surface area contributed by atoms with Crippen molar-refractivity contribution in [3.63, 3.8) is 0 Å². The standard InChI is InChI=1S/C75H51NO/c1-3-22-55(51-25-9-6-10-26-51)63(4-2)74(52-41-39-50(40-42-52)49-23-7-5-8-24-49)64-32-16-11-29-58(64)59-45-43-54(48-69(59)74)76(53-44-46-72-62(47-53)60-30-15-20-38-71(60)77-72)70-37-21-36-68-73(70)61-31-14-19-35-67(61)75(68)65-33-17-12-27-56(65)57-28-13-18-34-66(57)75/h3-48H,2H2,1H3/b22-3-,63-55-. The van der Waals surface area contributed by atoms with Gasteiger partial charge in [0.1, 0.15) is 11.2 Å². The number of allylic oxidation sites excluding steroid dienone is 5. The molecule has 0 N–H and O–H groups in total. The van der Waals surface area contributed by atoms with Crippen molar-refractivity contribution >= 4 is 44.6 Å². The second kappa shape index (κ2) is 17.4. The number of nitrogens with zero attached hydrogens (tertiary/aromatic N) is 1. The van der Waals surface area contributed by atoms with Crippen LogP contribution in [0.15, 0.2) is 296 Å². The smallest absolute Gasteiger partial charge is 0.135 e. The van der Waals surface area contributed by atoms with Crippen molar-refractivity contribution in [3.8, 4) is 44.5 Å². The molecule has 3 aliphatic rings. The summed E-state index contributed by atoms with van der Waals surface area (Å²) in [5, 5.41) is 2.16. The molecule has 0 fully saturated rings. The molecule has 0 amide bonds. The monoisotopic (exact) mass is 981 g/mol. The minimum Gasteiger partial charge on any atom is -0.456 e. The Kier molecular flexibility index (Phi) is 10.1. The fraction of sp³-hybridized carbons (Fsp3) is 0.0400. The van der Waals surface area contributed by atoms with Gasteiger partial charge in [-0.3, -0.25) is 0 Å². The lowest BCUT2D eigenvalue weighted by Gasteiger charge is -2.37. The van der Waals surface area contributed by atoms with Gasteiger partial charge in [0.05, 0.1) is 16.5 Å². The lowest BCUT2D eigenvalue weighted by Crippen LogP contribution is -2.30. The van der Waals surface area contributed by atoms with Crippen molar-refractivity contribution in [1.82, 2.24) is 0 Å². The van der Waals surface area contributed by atoms with Crippen LogP contribution in [-0.2, 0) is 10.8 Å². The number of hydrogen-bond acceptors (Lipinski definition) is 2. The molecule has 1 atom stereocenters.